The Kier molecular flexibility index (Phi) is 2.88. The Hall–Kier alpha value is -1.09. The fourth-order valence-electron chi connectivity index (χ4n) is 0.877. The van der Waals surface area contributed by atoms with Gasteiger partial charge in [-0.2, -0.15) is 0 Å². The van der Waals surface area contributed by atoms with E-state index in [9.17, 15) is 0 Å². The van der Waals surface area contributed by atoms with E-state index in [2.05, 4.69) is 31.1 Å². The van der Waals surface area contributed by atoms with Crippen LogP contribution in [0, 0.1) is 0 Å². The first-order valence-electron chi connectivity index (χ1n) is 4.36. The molecule has 2 N–H and O–H groups in total. The summed E-state index contributed by atoms with van der Waals surface area (Å²) in [4.78, 5) is 4.07. The number of rotatable bonds is 2. The van der Waals surface area contributed by atoms with Crippen LogP contribution in [-0.2, 0) is 6.54 Å². The predicted molar refractivity (Wildman–Crippen MR) is 52.5 cm³/mol. The summed E-state index contributed by atoms with van der Waals surface area (Å²) in [5, 5.41) is 12.3. The van der Waals surface area contributed by atoms with E-state index in [0.29, 0.717) is 0 Å². The maximum absolute atomic E-state index is 9.00. The minimum Gasteiger partial charge on any atom is -0.506 e. The first kappa shape index (κ1) is 9.99. The predicted octanol–water partition coefficient (Wildman–Crippen LogP) is 1.68. The Labute approximate surface area is 78.8 Å². The van der Waals surface area contributed by atoms with E-state index < -0.39 is 0 Å². The molecular weight excluding hydrogens is 164 g/mol. The van der Waals surface area contributed by atoms with Crippen molar-refractivity contribution in [2.45, 2.75) is 32.9 Å². The van der Waals surface area contributed by atoms with Gasteiger partial charge in [0.2, 0.25) is 0 Å². The summed E-state index contributed by atoms with van der Waals surface area (Å²) in [5.41, 5.74) is 1.03. The molecule has 0 unspecified atom stereocenters. The Balaban J connectivity index is 2.51. The summed E-state index contributed by atoms with van der Waals surface area (Å²) in [7, 11) is 0. The van der Waals surface area contributed by atoms with Crippen molar-refractivity contribution in [3.8, 4) is 5.75 Å². The van der Waals surface area contributed by atoms with Crippen LogP contribution in [0.5, 0.6) is 5.75 Å². The number of nitrogens with one attached hydrogen (secondary N) is 1. The van der Waals surface area contributed by atoms with Gasteiger partial charge < -0.3 is 10.4 Å². The van der Waals surface area contributed by atoms with Gasteiger partial charge in [0.25, 0.3) is 0 Å². The van der Waals surface area contributed by atoms with Gasteiger partial charge in [0.1, 0.15) is 5.75 Å². The lowest BCUT2D eigenvalue weighted by atomic mass is 10.1. The summed E-state index contributed by atoms with van der Waals surface area (Å²) in [6, 6.07) is 3.46. The van der Waals surface area contributed by atoms with Gasteiger partial charge in [0, 0.05) is 12.1 Å². The molecule has 1 aromatic rings. The average molecular weight is 180 g/mol. The molecule has 0 bridgehead atoms. The van der Waals surface area contributed by atoms with Crippen LogP contribution in [0.1, 0.15) is 26.5 Å². The molecule has 0 fully saturated rings. The zero-order chi connectivity index (χ0) is 9.90. The first-order chi connectivity index (χ1) is 5.97. The van der Waals surface area contributed by atoms with Gasteiger partial charge in [-0.05, 0) is 32.9 Å². The minimum absolute atomic E-state index is 0.0968. The topological polar surface area (TPSA) is 45.1 Å². The van der Waals surface area contributed by atoms with E-state index in [4.69, 9.17) is 5.11 Å². The van der Waals surface area contributed by atoms with Gasteiger partial charge >= 0.3 is 0 Å². The second-order valence-corrected chi connectivity index (χ2v) is 4.11. The summed E-state index contributed by atoms with van der Waals surface area (Å²) in [6.07, 6.45) is 1.46. The standard InChI is InChI=1S/C10H16N2O/c1-10(2,3)12-6-8-4-5-9(13)7-11-8/h4-5,7,12-13H,6H2,1-3H3. The van der Waals surface area contributed by atoms with Crippen molar-refractivity contribution in [3.05, 3.63) is 24.0 Å². The molecule has 0 spiro atoms. The molecule has 0 amide bonds. The highest BCUT2D eigenvalue weighted by Crippen LogP contribution is 2.07. The van der Waals surface area contributed by atoms with Crippen molar-refractivity contribution in [2.24, 2.45) is 0 Å². The molecule has 0 radical (unpaired) electrons. The van der Waals surface area contributed by atoms with Crippen molar-refractivity contribution >= 4 is 0 Å². The maximum atomic E-state index is 9.00. The third kappa shape index (κ3) is 3.90. The van der Waals surface area contributed by atoms with Gasteiger partial charge in [0.05, 0.1) is 11.9 Å². The number of pyridine rings is 1. The van der Waals surface area contributed by atoms with E-state index in [1.165, 1.54) is 6.20 Å². The van der Waals surface area contributed by atoms with E-state index in [0.717, 1.165) is 12.2 Å². The van der Waals surface area contributed by atoms with Crippen LogP contribution in [0.25, 0.3) is 0 Å². The molecule has 1 aromatic heterocycles. The number of aromatic hydroxyl groups is 1. The normalized spacial score (nSPS) is 11.6. The highest BCUT2D eigenvalue weighted by molar-refractivity contribution is 5.17. The van der Waals surface area contributed by atoms with Crippen LogP contribution in [0.2, 0.25) is 0 Å². The Morgan fingerprint density at radius 2 is 2.08 bits per heavy atom. The summed E-state index contributed by atoms with van der Waals surface area (Å²) in [5.74, 6) is 0.208. The average Bonchev–Trinajstić information content (AvgIpc) is 2.02. The lowest BCUT2D eigenvalue weighted by molar-refractivity contribution is 0.420. The highest BCUT2D eigenvalue weighted by Gasteiger charge is 2.08. The molecule has 0 aromatic carbocycles. The Morgan fingerprint density at radius 1 is 1.38 bits per heavy atom. The number of nitrogens with zero attached hydrogens (tertiary/aromatic N) is 1. The molecule has 0 aliphatic rings. The second kappa shape index (κ2) is 3.75. The summed E-state index contributed by atoms with van der Waals surface area (Å²) < 4.78 is 0. The summed E-state index contributed by atoms with van der Waals surface area (Å²) >= 11 is 0. The monoisotopic (exact) mass is 180 g/mol. The van der Waals surface area contributed by atoms with Crippen molar-refractivity contribution in [1.82, 2.24) is 10.3 Å². The lowest BCUT2D eigenvalue weighted by Gasteiger charge is -2.19. The quantitative estimate of drug-likeness (QED) is 0.727. The third-order valence-electron chi connectivity index (χ3n) is 1.61. The molecule has 72 valence electrons. The molecule has 0 saturated carbocycles. The molecule has 0 aliphatic heterocycles. The number of hydrogen-bond donors (Lipinski definition) is 2. The fourth-order valence-corrected chi connectivity index (χ4v) is 0.877. The van der Waals surface area contributed by atoms with Crippen LogP contribution in [0.3, 0.4) is 0 Å². The van der Waals surface area contributed by atoms with E-state index >= 15 is 0 Å². The smallest absolute Gasteiger partial charge is 0.133 e. The van der Waals surface area contributed by atoms with Crippen molar-refractivity contribution < 1.29 is 5.11 Å². The molecule has 0 atom stereocenters. The molecule has 3 heteroatoms. The molecule has 1 heterocycles. The van der Waals surface area contributed by atoms with E-state index in [1.807, 2.05) is 6.07 Å². The molecule has 1 rings (SSSR count). The molecular formula is C10H16N2O. The van der Waals surface area contributed by atoms with Gasteiger partial charge in [-0.3, -0.25) is 4.98 Å². The van der Waals surface area contributed by atoms with Gasteiger partial charge in [0.15, 0.2) is 0 Å². The second-order valence-electron chi connectivity index (χ2n) is 4.11. The largest absolute Gasteiger partial charge is 0.506 e. The Morgan fingerprint density at radius 3 is 2.54 bits per heavy atom. The third-order valence-corrected chi connectivity index (χ3v) is 1.61. The molecule has 0 aliphatic carbocycles. The van der Waals surface area contributed by atoms with E-state index in [-0.39, 0.29) is 11.3 Å². The van der Waals surface area contributed by atoms with Crippen LogP contribution < -0.4 is 5.32 Å². The molecule has 13 heavy (non-hydrogen) atoms. The Bertz CT molecular complexity index is 261. The first-order valence-corrected chi connectivity index (χ1v) is 4.36. The van der Waals surface area contributed by atoms with Gasteiger partial charge in [-0.1, -0.05) is 0 Å². The zero-order valence-corrected chi connectivity index (χ0v) is 8.33. The van der Waals surface area contributed by atoms with E-state index in [1.54, 1.807) is 6.07 Å². The minimum atomic E-state index is 0.0968. The highest BCUT2D eigenvalue weighted by atomic mass is 16.3. The van der Waals surface area contributed by atoms with Gasteiger partial charge in [-0.25, -0.2) is 0 Å². The fraction of sp³-hybridized carbons (Fsp3) is 0.500. The SMILES string of the molecule is CC(C)(C)NCc1ccc(O)cn1. The van der Waals surface area contributed by atoms with Crippen molar-refractivity contribution in [1.29, 1.82) is 0 Å². The van der Waals surface area contributed by atoms with Crippen LogP contribution in [0.4, 0.5) is 0 Å². The summed E-state index contributed by atoms with van der Waals surface area (Å²) in [6.45, 7) is 7.04. The van der Waals surface area contributed by atoms with Crippen LogP contribution >= 0.6 is 0 Å². The van der Waals surface area contributed by atoms with Gasteiger partial charge in [-0.15, -0.1) is 0 Å². The van der Waals surface area contributed by atoms with Crippen LogP contribution in [0.15, 0.2) is 18.3 Å². The number of aromatic nitrogens is 1. The lowest BCUT2D eigenvalue weighted by Crippen LogP contribution is -2.35. The number of hydrogen-bond acceptors (Lipinski definition) is 3. The molecule has 0 saturated heterocycles. The van der Waals surface area contributed by atoms with Crippen molar-refractivity contribution in [2.75, 3.05) is 0 Å². The van der Waals surface area contributed by atoms with Crippen molar-refractivity contribution in [3.63, 3.8) is 0 Å². The zero-order valence-electron chi connectivity index (χ0n) is 8.33. The van der Waals surface area contributed by atoms with Crippen LogP contribution in [-0.4, -0.2) is 15.6 Å². The molecule has 3 nitrogen and oxygen atoms in total. The maximum Gasteiger partial charge on any atom is 0.133 e.